The minimum Gasteiger partial charge on any atom is -0.465 e. The van der Waals surface area contributed by atoms with Crippen LogP contribution in [0.2, 0.25) is 0 Å². The fraction of sp³-hybridized carbons (Fsp3) is 0.545. The number of hydrogen-bond acceptors (Lipinski definition) is 5. The van der Waals surface area contributed by atoms with Crippen LogP contribution >= 0.6 is 11.6 Å². The maximum absolute atomic E-state index is 12.4. The number of alkyl halides is 1. The number of primary amides is 1. The zero-order valence-corrected chi connectivity index (χ0v) is 13.1. The Bertz CT molecular complexity index is 522. The Morgan fingerprint density at radius 3 is 2.57 bits per heavy atom. The van der Waals surface area contributed by atoms with Crippen molar-refractivity contribution >= 4 is 40.5 Å². The number of amides is 3. The zero-order chi connectivity index (χ0) is 16.2. The van der Waals surface area contributed by atoms with Crippen molar-refractivity contribution in [2.45, 2.75) is 13.3 Å². The molecule has 1 heterocycles. The van der Waals surface area contributed by atoms with E-state index in [4.69, 9.17) is 17.3 Å². The van der Waals surface area contributed by atoms with Crippen LogP contribution in [0.15, 0.2) is 10.6 Å². The van der Waals surface area contributed by atoms with E-state index in [1.165, 1.54) is 0 Å². The van der Waals surface area contributed by atoms with E-state index in [0.717, 1.165) is 11.4 Å². The maximum atomic E-state index is 12.4. The van der Waals surface area contributed by atoms with Crippen LogP contribution in [0.1, 0.15) is 13.3 Å². The van der Waals surface area contributed by atoms with Gasteiger partial charge in [-0.15, -0.1) is 11.6 Å². The summed E-state index contributed by atoms with van der Waals surface area (Å²) in [5.41, 5.74) is 5.18. The number of hydrogen-bond donors (Lipinski definition) is 2. The number of nitrogens with zero attached hydrogens (tertiary/aromatic N) is 1. The van der Waals surface area contributed by atoms with Crippen molar-refractivity contribution in [1.29, 1.82) is 0 Å². The topological polar surface area (TPSA) is 119 Å². The number of carbonyl (C=O) groups excluding carboxylic acids is 3. The van der Waals surface area contributed by atoms with Crippen molar-refractivity contribution in [3.63, 3.8) is 0 Å². The SMILES string of the molecule is CCC(C(N)=O)C1=C(C(=O)OC)S(=O)N(CCCl)C(=O)N1. The molecule has 0 saturated carbocycles. The van der Waals surface area contributed by atoms with E-state index in [1.54, 1.807) is 6.92 Å². The molecular weight excluding hydrogens is 322 g/mol. The lowest BCUT2D eigenvalue weighted by Crippen LogP contribution is -2.50. The average Bonchev–Trinajstić information content (AvgIpc) is 2.43. The van der Waals surface area contributed by atoms with Gasteiger partial charge in [0.1, 0.15) is 0 Å². The molecule has 0 aromatic rings. The fourth-order valence-electron chi connectivity index (χ4n) is 1.84. The molecule has 118 valence electrons. The summed E-state index contributed by atoms with van der Waals surface area (Å²) >= 11 is 5.54. The van der Waals surface area contributed by atoms with Crippen LogP contribution in [0.5, 0.6) is 0 Å². The lowest BCUT2D eigenvalue weighted by molar-refractivity contribution is -0.135. The van der Waals surface area contributed by atoms with Gasteiger partial charge in [-0.2, -0.15) is 0 Å². The highest BCUT2D eigenvalue weighted by atomic mass is 35.5. The van der Waals surface area contributed by atoms with Crippen LogP contribution < -0.4 is 11.1 Å². The first kappa shape index (κ1) is 17.4. The van der Waals surface area contributed by atoms with Gasteiger partial charge in [0, 0.05) is 5.88 Å². The summed E-state index contributed by atoms with van der Waals surface area (Å²) in [6, 6.07) is -0.712. The van der Waals surface area contributed by atoms with E-state index in [1.807, 2.05) is 0 Å². The van der Waals surface area contributed by atoms with E-state index in [2.05, 4.69) is 10.1 Å². The van der Waals surface area contributed by atoms with E-state index in [0.29, 0.717) is 0 Å². The number of nitrogens with one attached hydrogen (secondary N) is 1. The van der Waals surface area contributed by atoms with Crippen molar-refractivity contribution in [2.75, 3.05) is 19.5 Å². The lowest BCUT2D eigenvalue weighted by Gasteiger charge is -2.30. The Morgan fingerprint density at radius 1 is 1.52 bits per heavy atom. The molecule has 1 aliphatic rings. The smallest absolute Gasteiger partial charge is 0.350 e. The molecule has 3 N–H and O–H groups in total. The summed E-state index contributed by atoms with van der Waals surface area (Å²) in [5.74, 6) is -2.54. The Kier molecular flexibility index (Phi) is 6.16. The minimum atomic E-state index is -2.11. The van der Waals surface area contributed by atoms with Crippen LogP contribution in [0.25, 0.3) is 0 Å². The number of halogens is 1. The first-order valence-corrected chi connectivity index (χ1v) is 7.71. The molecule has 0 aliphatic carbocycles. The summed E-state index contributed by atoms with van der Waals surface area (Å²) in [5, 5.41) is 2.39. The molecule has 0 aromatic heterocycles. The third-order valence-corrected chi connectivity index (χ3v) is 4.50. The van der Waals surface area contributed by atoms with Crippen molar-refractivity contribution < 1.29 is 23.3 Å². The number of ether oxygens (including phenoxy) is 1. The van der Waals surface area contributed by atoms with E-state index in [-0.39, 0.29) is 29.4 Å². The van der Waals surface area contributed by atoms with Crippen LogP contribution in [0.4, 0.5) is 4.79 Å². The highest BCUT2D eigenvalue weighted by molar-refractivity contribution is 7.88. The van der Waals surface area contributed by atoms with Gasteiger partial charge in [-0.05, 0) is 6.42 Å². The Labute approximate surface area is 129 Å². The standard InChI is InChI=1S/C11H16ClN3O5S/c1-3-6(9(13)16)7-8(10(17)20-2)21(19)15(5-4-12)11(18)14-7/h6H,3-5H2,1-2H3,(H2,13,16)(H,14,18). The first-order valence-electron chi connectivity index (χ1n) is 6.07. The Morgan fingerprint density at radius 2 is 2.14 bits per heavy atom. The number of carbonyl (C=O) groups is 3. The number of nitrogens with two attached hydrogens (primary N) is 1. The van der Waals surface area contributed by atoms with Crippen molar-refractivity contribution in [1.82, 2.24) is 9.62 Å². The third kappa shape index (κ3) is 3.53. The second-order valence-electron chi connectivity index (χ2n) is 4.07. The van der Waals surface area contributed by atoms with E-state index < -0.39 is 34.8 Å². The van der Waals surface area contributed by atoms with Crippen molar-refractivity contribution in [3.05, 3.63) is 10.6 Å². The molecular formula is C11H16ClN3O5S. The first-order chi connectivity index (χ1) is 9.88. The second kappa shape index (κ2) is 7.41. The summed E-state index contributed by atoms with van der Waals surface area (Å²) < 4.78 is 17.8. The van der Waals surface area contributed by atoms with Gasteiger partial charge in [0.05, 0.1) is 25.3 Å². The molecule has 0 spiro atoms. The van der Waals surface area contributed by atoms with Gasteiger partial charge < -0.3 is 15.8 Å². The summed E-state index contributed by atoms with van der Waals surface area (Å²) in [7, 11) is -1.00. The predicted octanol–water partition coefficient (Wildman–Crippen LogP) is -0.190. The molecule has 0 saturated heterocycles. The molecule has 3 amide bonds. The maximum Gasteiger partial charge on any atom is 0.350 e. The van der Waals surface area contributed by atoms with Crippen molar-refractivity contribution in [2.24, 2.45) is 11.7 Å². The molecule has 1 rings (SSSR count). The molecule has 21 heavy (non-hydrogen) atoms. The summed E-state index contributed by atoms with van der Waals surface area (Å²) in [4.78, 5) is 34.9. The van der Waals surface area contributed by atoms with E-state index >= 15 is 0 Å². The van der Waals surface area contributed by atoms with Gasteiger partial charge in [-0.1, -0.05) is 6.92 Å². The average molecular weight is 338 g/mol. The number of esters is 1. The quantitative estimate of drug-likeness (QED) is 0.514. The molecule has 0 bridgehead atoms. The van der Waals surface area contributed by atoms with E-state index in [9.17, 15) is 18.6 Å². The largest absolute Gasteiger partial charge is 0.465 e. The molecule has 2 atom stereocenters. The Balaban J connectivity index is 3.40. The van der Waals surface area contributed by atoms with Crippen LogP contribution in [0, 0.1) is 5.92 Å². The Hall–Kier alpha value is -1.61. The normalized spacial score (nSPS) is 20.0. The van der Waals surface area contributed by atoms with Gasteiger partial charge in [-0.3, -0.25) is 4.79 Å². The predicted molar refractivity (Wildman–Crippen MR) is 76.1 cm³/mol. The number of urea groups is 1. The van der Waals surface area contributed by atoms with Crippen LogP contribution in [-0.2, 0) is 25.3 Å². The molecule has 1 aliphatic heterocycles. The van der Waals surface area contributed by atoms with Crippen LogP contribution in [0.3, 0.4) is 0 Å². The van der Waals surface area contributed by atoms with Crippen LogP contribution in [-0.4, -0.2) is 46.0 Å². The second-order valence-corrected chi connectivity index (χ2v) is 5.79. The molecule has 10 heteroatoms. The molecule has 0 aromatic carbocycles. The molecule has 2 unspecified atom stereocenters. The summed E-state index contributed by atoms with van der Waals surface area (Å²) in [6.45, 7) is 1.62. The monoisotopic (exact) mass is 337 g/mol. The van der Waals surface area contributed by atoms with Crippen molar-refractivity contribution in [3.8, 4) is 0 Å². The fourth-order valence-corrected chi connectivity index (χ4v) is 3.39. The minimum absolute atomic E-state index is 0.0266. The number of methoxy groups -OCH3 is 1. The molecule has 0 radical (unpaired) electrons. The summed E-state index contributed by atoms with van der Waals surface area (Å²) in [6.07, 6.45) is 0.234. The highest BCUT2D eigenvalue weighted by Gasteiger charge is 2.39. The number of rotatable bonds is 6. The van der Waals surface area contributed by atoms with Gasteiger partial charge in [0.15, 0.2) is 15.9 Å². The van der Waals surface area contributed by atoms with Gasteiger partial charge >= 0.3 is 12.0 Å². The zero-order valence-electron chi connectivity index (χ0n) is 11.6. The third-order valence-electron chi connectivity index (χ3n) is 2.85. The van der Waals surface area contributed by atoms with Gasteiger partial charge in [0.25, 0.3) is 0 Å². The molecule has 8 nitrogen and oxygen atoms in total. The molecule has 0 fully saturated rings. The lowest BCUT2D eigenvalue weighted by atomic mass is 10.0. The van der Waals surface area contributed by atoms with Gasteiger partial charge in [-0.25, -0.2) is 18.1 Å². The van der Waals surface area contributed by atoms with Gasteiger partial charge in [0.2, 0.25) is 5.91 Å². The highest BCUT2D eigenvalue weighted by Crippen LogP contribution is 2.26.